The Balaban J connectivity index is 2.00. The maximum Gasteiger partial charge on any atom is 0.213 e. The average Bonchev–Trinajstić information content (AvgIpc) is 3.03. The van der Waals surface area contributed by atoms with Gasteiger partial charge in [0.1, 0.15) is 5.82 Å². The second-order valence-electron chi connectivity index (χ2n) is 4.58. The average molecular weight is 309 g/mol. The number of fused-ring (bicyclic) bond motifs is 1. The summed E-state index contributed by atoms with van der Waals surface area (Å²) in [5.41, 5.74) is 3.96. The highest BCUT2D eigenvalue weighted by Gasteiger charge is 2.15. The van der Waals surface area contributed by atoms with E-state index in [-0.39, 0.29) is 5.82 Å². The van der Waals surface area contributed by atoms with Gasteiger partial charge in [-0.2, -0.15) is 8.75 Å². The number of hydrogen-bond donors (Lipinski definition) is 0. The molecular formula is C15H8FN5S. The van der Waals surface area contributed by atoms with E-state index in [1.807, 2.05) is 12.1 Å². The Labute approximate surface area is 128 Å². The van der Waals surface area contributed by atoms with Crippen LogP contribution in [0, 0.1) is 5.82 Å². The Bertz CT molecular complexity index is 937. The predicted molar refractivity (Wildman–Crippen MR) is 81.6 cm³/mol. The first-order valence-electron chi connectivity index (χ1n) is 6.48. The first-order chi connectivity index (χ1) is 10.8. The van der Waals surface area contributed by atoms with Crippen LogP contribution >= 0.6 is 11.7 Å². The molecule has 3 aromatic heterocycles. The molecule has 0 N–H and O–H groups in total. The van der Waals surface area contributed by atoms with Crippen LogP contribution in [-0.4, -0.2) is 23.7 Å². The van der Waals surface area contributed by atoms with E-state index in [9.17, 15) is 4.39 Å². The molecule has 0 amide bonds. The fraction of sp³-hybridized carbons (Fsp3) is 0. The number of nitrogens with zero attached hydrogens (tertiary/aromatic N) is 5. The largest absolute Gasteiger partial charge is 0.265 e. The third kappa shape index (κ3) is 2.21. The molecule has 0 bridgehead atoms. The molecule has 0 saturated heterocycles. The highest BCUT2D eigenvalue weighted by molar-refractivity contribution is 6.99. The highest BCUT2D eigenvalue weighted by Crippen LogP contribution is 2.30. The summed E-state index contributed by atoms with van der Waals surface area (Å²) >= 11 is 1.07. The van der Waals surface area contributed by atoms with Crippen LogP contribution in [0.5, 0.6) is 0 Å². The summed E-state index contributed by atoms with van der Waals surface area (Å²) in [5, 5.41) is 0. The minimum Gasteiger partial charge on any atom is -0.265 e. The summed E-state index contributed by atoms with van der Waals surface area (Å²) in [4.78, 5) is 13.1. The van der Waals surface area contributed by atoms with Gasteiger partial charge in [0.2, 0.25) is 11.3 Å². The molecule has 22 heavy (non-hydrogen) atoms. The van der Waals surface area contributed by atoms with Crippen LogP contribution in [0.25, 0.3) is 33.8 Å². The fourth-order valence-corrected chi connectivity index (χ4v) is 2.60. The van der Waals surface area contributed by atoms with Crippen molar-refractivity contribution in [2.24, 2.45) is 0 Å². The van der Waals surface area contributed by atoms with E-state index in [4.69, 9.17) is 0 Å². The molecule has 0 aliphatic rings. The molecule has 4 aromatic rings. The molecule has 0 aliphatic carbocycles. The monoisotopic (exact) mass is 309 g/mol. The summed E-state index contributed by atoms with van der Waals surface area (Å²) in [7, 11) is 0. The van der Waals surface area contributed by atoms with Crippen molar-refractivity contribution in [1.29, 1.82) is 0 Å². The summed E-state index contributed by atoms with van der Waals surface area (Å²) in [6.07, 6.45) is 3.38. The zero-order valence-electron chi connectivity index (χ0n) is 11.1. The molecule has 106 valence electrons. The molecule has 3 heterocycles. The summed E-state index contributed by atoms with van der Waals surface area (Å²) < 4.78 is 21.4. The van der Waals surface area contributed by atoms with Crippen LogP contribution in [0.3, 0.4) is 0 Å². The van der Waals surface area contributed by atoms with Crippen LogP contribution in [0.4, 0.5) is 4.39 Å². The van der Waals surface area contributed by atoms with Crippen molar-refractivity contribution < 1.29 is 4.39 Å². The van der Waals surface area contributed by atoms with Crippen LogP contribution in [0.2, 0.25) is 0 Å². The van der Waals surface area contributed by atoms with E-state index in [2.05, 4.69) is 23.7 Å². The summed E-state index contributed by atoms with van der Waals surface area (Å²) in [5.74, 6) is -0.293. The van der Waals surface area contributed by atoms with E-state index in [0.717, 1.165) is 22.9 Å². The van der Waals surface area contributed by atoms with Crippen molar-refractivity contribution in [2.75, 3.05) is 0 Å². The zero-order chi connectivity index (χ0) is 14.9. The molecule has 1 aromatic carbocycles. The highest BCUT2D eigenvalue weighted by atomic mass is 32.1. The van der Waals surface area contributed by atoms with Crippen LogP contribution in [0.15, 0.2) is 48.8 Å². The third-order valence-electron chi connectivity index (χ3n) is 3.19. The smallest absolute Gasteiger partial charge is 0.213 e. The number of benzene rings is 1. The zero-order valence-corrected chi connectivity index (χ0v) is 12.0. The lowest BCUT2D eigenvalue weighted by molar-refractivity contribution is 0.628. The maximum absolute atomic E-state index is 13.2. The van der Waals surface area contributed by atoms with Gasteiger partial charge >= 0.3 is 0 Å². The van der Waals surface area contributed by atoms with Crippen molar-refractivity contribution >= 4 is 23.0 Å². The van der Waals surface area contributed by atoms with Crippen LogP contribution in [-0.2, 0) is 0 Å². The van der Waals surface area contributed by atoms with Gasteiger partial charge < -0.3 is 0 Å². The second kappa shape index (κ2) is 5.19. The third-order valence-corrected chi connectivity index (χ3v) is 3.69. The van der Waals surface area contributed by atoms with E-state index in [1.54, 1.807) is 24.5 Å². The van der Waals surface area contributed by atoms with E-state index in [1.165, 1.54) is 12.1 Å². The topological polar surface area (TPSA) is 64.5 Å². The Morgan fingerprint density at radius 2 is 1.27 bits per heavy atom. The maximum atomic E-state index is 13.2. The molecule has 0 saturated carbocycles. The minimum absolute atomic E-state index is 0.293. The number of aromatic nitrogens is 5. The Morgan fingerprint density at radius 1 is 0.727 bits per heavy atom. The van der Waals surface area contributed by atoms with Crippen molar-refractivity contribution in [1.82, 2.24) is 23.7 Å². The molecule has 0 unspecified atom stereocenters. The number of rotatable bonds is 2. The van der Waals surface area contributed by atoms with Gasteiger partial charge in [0.05, 0.1) is 23.1 Å². The van der Waals surface area contributed by atoms with Gasteiger partial charge in [-0.15, -0.1) is 0 Å². The number of pyridine rings is 1. The molecule has 0 radical (unpaired) electrons. The van der Waals surface area contributed by atoms with Crippen molar-refractivity contribution in [3.8, 4) is 22.5 Å². The number of halogens is 1. The fourth-order valence-electron chi connectivity index (χ4n) is 2.16. The molecule has 7 heteroatoms. The lowest BCUT2D eigenvalue weighted by atomic mass is 10.1. The van der Waals surface area contributed by atoms with Gasteiger partial charge in [0.15, 0.2) is 0 Å². The van der Waals surface area contributed by atoms with Crippen molar-refractivity contribution in [3.63, 3.8) is 0 Å². The first-order valence-corrected chi connectivity index (χ1v) is 7.21. The molecular weight excluding hydrogens is 301 g/mol. The lowest BCUT2D eigenvalue weighted by Crippen LogP contribution is -1.95. The quantitative estimate of drug-likeness (QED) is 0.568. The molecule has 0 spiro atoms. The van der Waals surface area contributed by atoms with Crippen molar-refractivity contribution in [2.45, 2.75) is 0 Å². The van der Waals surface area contributed by atoms with E-state index < -0.39 is 0 Å². The molecule has 0 atom stereocenters. The lowest BCUT2D eigenvalue weighted by Gasteiger charge is -2.07. The predicted octanol–water partition coefficient (Wildman–Crippen LogP) is 3.35. The first kappa shape index (κ1) is 12.9. The summed E-state index contributed by atoms with van der Waals surface area (Å²) in [6, 6.07) is 9.85. The standard InChI is InChI=1S/C15H8FN5S/c16-11-3-1-9(2-4-11)12-13(10-5-7-17-8-6-10)19-15-14(18-12)20-22-21-15/h1-8H. The van der Waals surface area contributed by atoms with Gasteiger partial charge in [-0.3, -0.25) is 4.98 Å². The van der Waals surface area contributed by atoms with Gasteiger partial charge in [-0.25, -0.2) is 14.4 Å². The Kier molecular flexibility index (Phi) is 3.05. The van der Waals surface area contributed by atoms with Gasteiger partial charge in [0, 0.05) is 23.5 Å². The minimum atomic E-state index is -0.293. The van der Waals surface area contributed by atoms with Gasteiger partial charge in [0.25, 0.3) is 0 Å². The normalized spacial score (nSPS) is 11.0. The SMILES string of the molecule is Fc1ccc(-c2nc3nsnc3nc2-c2ccncc2)cc1. The second-order valence-corrected chi connectivity index (χ2v) is 5.10. The van der Waals surface area contributed by atoms with Gasteiger partial charge in [-0.1, -0.05) is 0 Å². The molecule has 0 aliphatic heterocycles. The van der Waals surface area contributed by atoms with Gasteiger partial charge in [-0.05, 0) is 36.4 Å². The Morgan fingerprint density at radius 3 is 1.86 bits per heavy atom. The van der Waals surface area contributed by atoms with Crippen LogP contribution in [0.1, 0.15) is 0 Å². The van der Waals surface area contributed by atoms with E-state index in [0.29, 0.717) is 22.7 Å². The van der Waals surface area contributed by atoms with E-state index >= 15 is 0 Å². The molecule has 5 nitrogen and oxygen atoms in total. The number of hydrogen-bond acceptors (Lipinski definition) is 6. The summed E-state index contributed by atoms with van der Waals surface area (Å²) in [6.45, 7) is 0. The van der Waals surface area contributed by atoms with Crippen molar-refractivity contribution in [3.05, 3.63) is 54.6 Å². The molecule has 4 rings (SSSR count). The Hall–Kier alpha value is -2.80. The molecule has 0 fully saturated rings. The van der Waals surface area contributed by atoms with Crippen LogP contribution < -0.4 is 0 Å².